The van der Waals surface area contributed by atoms with Crippen LogP contribution in [0.3, 0.4) is 0 Å². The fourth-order valence-electron chi connectivity index (χ4n) is 3.41. The Morgan fingerprint density at radius 2 is 1.96 bits per heavy atom. The van der Waals surface area contributed by atoms with E-state index in [-0.39, 0.29) is 12.1 Å². The van der Waals surface area contributed by atoms with Gasteiger partial charge in [0, 0.05) is 31.7 Å². The van der Waals surface area contributed by atoms with Crippen LogP contribution in [0.4, 0.5) is 0 Å². The van der Waals surface area contributed by atoms with E-state index in [0.717, 1.165) is 31.6 Å². The SMILES string of the molecule is CC(NCC1CC(O)CN1Cc1ccccc1)c1cccc(O)c1. The van der Waals surface area contributed by atoms with Crippen molar-refractivity contribution in [1.29, 1.82) is 0 Å². The molecule has 2 aromatic rings. The maximum atomic E-state index is 10.1. The van der Waals surface area contributed by atoms with Crippen molar-refractivity contribution in [3.8, 4) is 5.75 Å². The average molecular weight is 326 g/mol. The van der Waals surface area contributed by atoms with Crippen molar-refractivity contribution in [2.24, 2.45) is 0 Å². The third kappa shape index (κ3) is 4.35. The molecule has 3 rings (SSSR count). The number of aromatic hydroxyl groups is 1. The Kier molecular flexibility index (Phi) is 5.51. The van der Waals surface area contributed by atoms with Crippen molar-refractivity contribution < 1.29 is 10.2 Å². The van der Waals surface area contributed by atoms with Crippen LogP contribution in [0.5, 0.6) is 5.75 Å². The summed E-state index contributed by atoms with van der Waals surface area (Å²) < 4.78 is 0. The molecule has 1 fully saturated rings. The van der Waals surface area contributed by atoms with E-state index >= 15 is 0 Å². The molecular formula is C20H26N2O2. The Morgan fingerprint density at radius 1 is 1.17 bits per heavy atom. The molecule has 1 heterocycles. The Hall–Kier alpha value is -1.88. The highest BCUT2D eigenvalue weighted by atomic mass is 16.3. The maximum absolute atomic E-state index is 10.1. The summed E-state index contributed by atoms with van der Waals surface area (Å²) in [6.45, 7) is 4.51. The highest BCUT2D eigenvalue weighted by Gasteiger charge is 2.30. The summed E-state index contributed by atoms with van der Waals surface area (Å²) in [5.41, 5.74) is 2.35. The second kappa shape index (κ2) is 7.79. The molecule has 0 saturated carbocycles. The lowest BCUT2D eigenvalue weighted by Gasteiger charge is -2.26. The summed E-state index contributed by atoms with van der Waals surface area (Å²) >= 11 is 0. The standard InChI is InChI=1S/C20H26N2O2/c1-15(17-8-5-9-19(23)10-17)21-12-18-11-20(24)14-22(18)13-16-6-3-2-4-7-16/h2-10,15,18,20-21,23-24H,11-14H2,1H3. The molecule has 2 aromatic carbocycles. The minimum absolute atomic E-state index is 0.161. The normalized spacial score (nSPS) is 22.6. The first-order chi connectivity index (χ1) is 11.6. The smallest absolute Gasteiger partial charge is 0.115 e. The van der Waals surface area contributed by atoms with E-state index in [0.29, 0.717) is 11.8 Å². The van der Waals surface area contributed by atoms with Gasteiger partial charge in [0.25, 0.3) is 0 Å². The van der Waals surface area contributed by atoms with Crippen LogP contribution in [-0.2, 0) is 6.54 Å². The minimum atomic E-state index is -0.253. The van der Waals surface area contributed by atoms with Gasteiger partial charge in [0.05, 0.1) is 6.10 Å². The lowest BCUT2D eigenvalue weighted by molar-refractivity contribution is 0.172. The zero-order valence-electron chi connectivity index (χ0n) is 14.1. The van der Waals surface area contributed by atoms with Gasteiger partial charge in [-0.05, 0) is 36.6 Å². The molecule has 0 aliphatic carbocycles. The molecule has 0 spiro atoms. The van der Waals surface area contributed by atoms with Gasteiger partial charge < -0.3 is 15.5 Å². The number of nitrogens with one attached hydrogen (secondary N) is 1. The number of hydrogen-bond donors (Lipinski definition) is 3. The quantitative estimate of drug-likeness (QED) is 0.764. The number of likely N-dealkylation sites (tertiary alicyclic amines) is 1. The number of rotatable bonds is 6. The summed E-state index contributed by atoms with van der Waals surface area (Å²) in [6, 6.07) is 18.2. The van der Waals surface area contributed by atoms with Crippen LogP contribution >= 0.6 is 0 Å². The zero-order chi connectivity index (χ0) is 16.9. The second-order valence-corrected chi connectivity index (χ2v) is 6.68. The van der Waals surface area contributed by atoms with Crippen molar-refractivity contribution in [2.75, 3.05) is 13.1 Å². The topological polar surface area (TPSA) is 55.7 Å². The molecule has 0 amide bonds. The molecule has 24 heavy (non-hydrogen) atoms. The van der Waals surface area contributed by atoms with E-state index in [2.05, 4.69) is 41.4 Å². The van der Waals surface area contributed by atoms with Crippen molar-refractivity contribution in [1.82, 2.24) is 10.2 Å². The molecule has 4 heteroatoms. The van der Waals surface area contributed by atoms with Crippen LogP contribution in [0.1, 0.15) is 30.5 Å². The van der Waals surface area contributed by atoms with Gasteiger partial charge in [0.2, 0.25) is 0 Å². The summed E-state index contributed by atoms with van der Waals surface area (Å²) in [5, 5.41) is 23.2. The molecular weight excluding hydrogens is 300 g/mol. The van der Waals surface area contributed by atoms with Crippen molar-refractivity contribution >= 4 is 0 Å². The van der Waals surface area contributed by atoms with E-state index in [1.54, 1.807) is 12.1 Å². The molecule has 3 N–H and O–H groups in total. The number of nitrogens with zero attached hydrogens (tertiary/aromatic N) is 1. The highest BCUT2D eigenvalue weighted by molar-refractivity contribution is 5.29. The first-order valence-corrected chi connectivity index (χ1v) is 8.60. The summed E-state index contributed by atoms with van der Waals surface area (Å²) in [7, 11) is 0. The molecule has 3 unspecified atom stereocenters. The van der Waals surface area contributed by atoms with Gasteiger partial charge in [-0.1, -0.05) is 42.5 Å². The van der Waals surface area contributed by atoms with Gasteiger partial charge in [-0.15, -0.1) is 0 Å². The van der Waals surface area contributed by atoms with E-state index in [1.807, 2.05) is 18.2 Å². The van der Waals surface area contributed by atoms with E-state index < -0.39 is 0 Å². The molecule has 4 nitrogen and oxygen atoms in total. The van der Waals surface area contributed by atoms with Gasteiger partial charge in [-0.3, -0.25) is 4.90 Å². The number of phenolic OH excluding ortho intramolecular Hbond substituents is 1. The third-order valence-electron chi connectivity index (χ3n) is 4.76. The monoisotopic (exact) mass is 326 g/mol. The molecule has 0 aromatic heterocycles. The van der Waals surface area contributed by atoms with E-state index in [1.165, 1.54) is 5.56 Å². The Balaban J connectivity index is 1.58. The zero-order valence-corrected chi connectivity index (χ0v) is 14.1. The molecule has 1 aliphatic rings. The van der Waals surface area contributed by atoms with E-state index in [9.17, 15) is 10.2 Å². The number of aliphatic hydroxyl groups excluding tert-OH is 1. The lowest BCUT2D eigenvalue weighted by Crippen LogP contribution is -2.38. The number of β-amino-alcohol motifs (C(OH)–C–C–N with tert-alkyl or cyclic N) is 1. The van der Waals surface area contributed by atoms with Crippen LogP contribution < -0.4 is 5.32 Å². The highest BCUT2D eigenvalue weighted by Crippen LogP contribution is 2.22. The molecule has 128 valence electrons. The van der Waals surface area contributed by atoms with Crippen LogP contribution in [0.25, 0.3) is 0 Å². The lowest BCUT2D eigenvalue weighted by atomic mass is 10.1. The number of benzene rings is 2. The van der Waals surface area contributed by atoms with Crippen LogP contribution in [0, 0.1) is 0 Å². The maximum Gasteiger partial charge on any atom is 0.115 e. The first-order valence-electron chi connectivity index (χ1n) is 8.60. The van der Waals surface area contributed by atoms with Gasteiger partial charge in [0.15, 0.2) is 0 Å². The molecule has 1 aliphatic heterocycles. The third-order valence-corrected chi connectivity index (χ3v) is 4.76. The first kappa shape index (κ1) is 17.0. The number of aliphatic hydroxyl groups is 1. The van der Waals surface area contributed by atoms with Crippen LogP contribution in [0.2, 0.25) is 0 Å². The van der Waals surface area contributed by atoms with Crippen molar-refractivity contribution in [2.45, 2.75) is 38.1 Å². The van der Waals surface area contributed by atoms with Crippen molar-refractivity contribution in [3.05, 3.63) is 65.7 Å². The van der Waals surface area contributed by atoms with Gasteiger partial charge in [-0.25, -0.2) is 0 Å². The largest absolute Gasteiger partial charge is 0.508 e. The van der Waals surface area contributed by atoms with Gasteiger partial charge in [0.1, 0.15) is 5.75 Å². The molecule has 0 bridgehead atoms. The predicted molar refractivity (Wildman–Crippen MR) is 95.8 cm³/mol. The number of phenols is 1. The Bertz CT molecular complexity index is 647. The van der Waals surface area contributed by atoms with Crippen LogP contribution in [0.15, 0.2) is 54.6 Å². The summed E-state index contributed by atoms with van der Waals surface area (Å²) in [4.78, 5) is 2.35. The minimum Gasteiger partial charge on any atom is -0.508 e. The van der Waals surface area contributed by atoms with Gasteiger partial charge in [-0.2, -0.15) is 0 Å². The second-order valence-electron chi connectivity index (χ2n) is 6.68. The van der Waals surface area contributed by atoms with E-state index in [4.69, 9.17) is 0 Å². The Morgan fingerprint density at radius 3 is 2.71 bits per heavy atom. The average Bonchev–Trinajstić information content (AvgIpc) is 2.93. The van der Waals surface area contributed by atoms with Gasteiger partial charge >= 0.3 is 0 Å². The van der Waals surface area contributed by atoms with Crippen molar-refractivity contribution in [3.63, 3.8) is 0 Å². The summed E-state index contributed by atoms with van der Waals surface area (Å²) in [6.07, 6.45) is 0.545. The molecule has 3 atom stereocenters. The Labute approximate surface area is 143 Å². The van der Waals surface area contributed by atoms with Crippen LogP contribution in [-0.4, -0.2) is 40.3 Å². The predicted octanol–water partition coefficient (Wildman–Crippen LogP) is 2.68. The summed E-state index contributed by atoms with van der Waals surface area (Å²) in [5.74, 6) is 0.295. The molecule has 0 radical (unpaired) electrons. The number of hydrogen-bond acceptors (Lipinski definition) is 4. The fourth-order valence-corrected chi connectivity index (χ4v) is 3.41. The fraction of sp³-hybridized carbons (Fsp3) is 0.400. The molecule has 1 saturated heterocycles.